The van der Waals surface area contributed by atoms with Crippen LogP contribution in [0.3, 0.4) is 0 Å². The van der Waals surface area contributed by atoms with Gasteiger partial charge >= 0.3 is 5.97 Å². The Hall–Kier alpha value is -2.74. The van der Waals surface area contributed by atoms with Crippen LogP contribution in [0.2, 0.25) is 0 Å². The first-order chi connectivity index (χ1) is 13.0. The van der Waals surface area contributed by atoms with Gasteiger partial charge in [-0.05, 0) is 33.6 Å². The Morgan fingerprint density at radius 1 is 1.26 bits per heavy atom. The summed E-state index contributed by atoms with van der Waals surface area (Å²) in [6.45, 7) is 0.522. The Kier molecular flexibility index (Phi) is 4.43. The second-order valence-electron chi connectivity index (χ2n) is 6.07. The number of ether oxygens (including phenoxy) is 1. The molecule has 27 heavy (non-hydrogen) atoms. The lowest BCUT2D eigenvalue weighted by molar-refractivity contribution is 0.0689. The van der Waals surface area contributed by atoms with Crippen molar-refractivity contribution in [3.63, 3.8) is 0 Å². The van der Waals surface area contributed by atoms with Crippen LogP contribution in [0.5, 0.6) is 5.75 Å². The molecule has 1 aromatic heterocycles. The average Bonchev–Trinajstić information content (AvgIpc) is 2.89. The van der Waals surface area contributed by atoms with Crippen molar-refractivity contribution in [1.82, 2.24) is 9.55 Å². The molecule has 0 saturated carbocycles. The maximum atomic E-state index is 14.1. The van der Waals surface area contributed by atoms with Crippen LogP contribution in [0.25, 0.3) is 11.4 Å². The van der Waals surface area contributed by atoms with Gasteiger partial charge in [0.2, 0.25) is 0 Å². The summed E-state index contributed by atoms with van der Waals surface area (Å²) in [6, 6.07) is 8.94. The Morgan fingerprint density at radius 3 is 2.78 bits per heavy atom. The standard InChI is InChI=1S/C19H13BrF2N2O3/c20-12-8-11-16(9-14(12)22)27-6-5-24-15(17(19(25)26)23-18(11)24)7-10-3-1-2-4-13(10)21/h1-4,8-9H,5-7H2,(H,25,26). The van der Waals surface area contributed by atoms with E-state index in [0.29, 0.717) is 29.2 Å². The van der Waals surface area contributed by atoms with Gasteiger partial charge in [-0.2, -0.15) is 0 Å². The summed E-state index contributed by atoms with van der Waals surface area (Å²) < 4.78 is 35.5. The third-order valence-corrected chi connectivity index (χ3v) is 5.03. The van der Waals surface area contributed by atoms with Crippen molar-refractivity contribution in [2.75, 3.05) is 6.61 Å². The van der Waals surface area contributed by atoms with E-state index in [4.69, 9.17) is 4.74 Å². The number of fused-ring (bicyclic) bond motifs is 3. The zero-order chi connectivity index (χ0) is 19.1. The number of carboxylic acid groups (broad SMARTS) is 1. The molecule has 0 radical (unpaired) electrons. The molecule has 0 saturated heterocycles. The molecule has 0 bridgehead atoms. The van der Waals surface area contributed by atoms with Crippen LogP contribution < -0.4 is 4.74 Å². The van der Waals surface area contributed by atoms with E-state index < -0.39 is 17.6 Å². The van der Waals surface area contributed by atoms with Gasteiger partial charge in [0, 0.05) is 12.5 Å². The van der Waals surface area contributed by atoms with Crippen molar-refractivity contribution in [1.29, 1.82) is 0 Å². The van der Waals surface area contributed by atoms with Gasteiger partial charge in [0.15, 0.2) is 5.69 Å². The molecule has 138 valence electrons. The number of aromatic nitrogens is 2. The van der Waals surface area contributed by atoms with Crippen molar-refractivity contribution in [2.45, 2.75) is 13.0 Å². The van der Waals surface area contributed by atoms with Crippen molar-refractivity contribution < 1.29 is 23.4 Å². The molecule has 0 fully saturated rings. The first-order valence-corrected chi connectivity index (χ1v) is 8.93. The van der Waals surface area contributed by atoms with E-state index in [1.165, 1.54) is 18.2 Å². The van der Waals surface area contributed by atoms with E-state index >= 15 is 0 Å². The number of halogens is 3. The summed E-state index contributed by atoms with van der Waals surface area (Å²) >= 11 is 3.14. The quantitative estimate of drug-likeness (QED) is 0.668. The molecule has 0 spiro atoms. The minimum Gasteiger partial charge on any atom is -0.491 e. The summed E-state index contributed by atoms with van der Waals surface area (Å²) in [5.41, 5.74) is 1.07. The lowest BCUT2D eigenvalue weighted by Crippen LogP contribution is -2.12. The van der Waals surface area contributed by atoms with E-state index in [-0.39, 0.29) is 28.9 Å². The van der Waals surface area contributed by atoms with Gasteiger partial charge in [-0.25, -0.2) is 18.6 Å². The minimum absolute atomic E-state index is 0.0685. The maximum Gasteiger partial charge on any atom is 0.356 e. The second kappa shape index (κ2) is 6.77. The van der Waals surface area contributed by atoms with Crippen molar-refractivity contribution >= 4 is 21.9 Å². The molecule has 3 aromatic rings. The van der Waals surface area contributed by atoms with E-state index in [1.54, 1.807) is 22.8 Å². The Labute approximate surface area is 161 Å². The lowest BCUT2D eigenvalue weighted by atomic mass is 10.1. The van der Waals surface area contributed by atoms with Crippen molar-refractivity contribution in [2.24, 2.45) is 0 Å². The third-order valence-electron chi connectivity index (χ3n) is 4.43. The molecule has 5 nitrogen and oxygen atoms in total. The van der Waals surface area contributed by atoms with Crippen LogP contribution in [0.4, 0.5) is 8.78 Å². The highest BCUT2D eigenvalue weighted by molar-refractivity contribution is 9.10. The third kappa shape index (κ3) is 3.10. The lowest BCUT2D eigenvalue weighted by Gasteiger charge is -2.10. The Bertz CT molecular complexity index is 1070. The summed E-state index contributed by atoms with van der Waals surface area (Å²) in [4.78, 5) is 16.0. The molecule has 2 aromatic carbocycles. The average molecular weight is 435 g/mol. The van der Waals surface area contributed by atoms with Crippen molar-refractivity contribution in [3.05, 3.63) is 69.5 Å². The van der Waals surface area contributed by atoms with Crippen LogP contribution in [-0.2, 0) is 13.0 Å². The smallest absolute Gasteiger partial charge is 0.356 e. The zero-order valence-electron chi connectivity index (χ0n) is 13.9. The molecule has 1 aliphatic heterocycles. The first-order valence-electron chi connectivity index (χ1n) is 8.14. The van der Waals surface area contributed by atoms with E-state index in [0.717, 1.165) is 0 Å². The fourth-order valence-corrected chi connectivity index (χ4v) is 3.52. The van der Waals surface area contributed by atoms with Crippen LogP contribution in [0, 0.1) is 11.6 Å². The number of rotatable bonds is 3. The molecule has 0 aliphatic carbocycles. The molecular weight excluding hydrogens is 422 g/mol. The zero-order valence-corrected chi connectivity index (χ0v) is 15.5. The molecule has 0 unspecified atom stereocenters. The second-order valence-corrected chi connectivity index (χ2v) is 6.92. The number of hydrogen-bond acceptors (Lipinski definition) is 3. The predicted octanol–water partition coefficient (Wildman–Crippen LogP) is 4.27. The number of imidazole rings is 1. The first kappa shape index (κ1) is 17.7. The highest BCUT2D eigenvalue weighted by atomic mass is 79.9. The van der Waals surface area contributed by atoms with Crippen LogP contribution in [0.1, 0.15) is 21.7 Å². The highest BCUT2D eigenvalue weighted by Crippen LogP contribution is 2.37. The highest BCUT2D eigenvalue weighted by Gasteiger charge is 2.27. The monoisotopic (exact) mass is 434 g/mol. The molecule has 8 heteroatoms. The molecule has 4 rings (SSSR count). The van der Waals surface area contributed by atoms with Gasteiger partial charge in [0.25, 0.3) is 0 Å². The van der Waals surface area contributed by atoms with Crippen LogP contribution in [-0.4, -0.2) is 27.2 Å². The van der Waals surface area contributed by atoms with E-state index in [1.807, 2.05) is 0 Å². The van der Waals surface area contributed by atoms with Crippen LogP contribution in [0.15, 0.2) is 40.9 Å². The minimum atomic E-state index is -1.20. The molecule has 1 N–H and O–H groups in total. The number of benzene rings is 2. The predicted molar refractivity (Wildman–Crippen MR) is 97.0 cm³/mol. The fraction of sp³-hybridized carbons (Fsp3) is 0.158. The molecular formula is C19H13BrF2N2O3. The summed E-state index contributed by atoms with van der Waals surface area (Å²) in [5, 5.41) is 9.61. The molecule has 2 heterocycles. The van der Waals surface area contributed by atoms with Gasteiger partial charge in [-0.15, -0.1) is 0 Å². The topological polar surface area (TPSA) is 64.3 Å². The van der Waals surface area contributed by atoms with E-state index in [2.05, 4.69) is 20.9 Å². The maximum absolute atomic E-state index is 14.1. The summed E-state index contributed by atoms with van der Waals surface area (Å²) in [7, 11) is 0. The number of carbonyl (C=O) groups is 1. The number of aromatic carboxylic acids is 1. The molecule has 1 aliphatic rings. The summed E-state index contributed by atoms with van der Waals surface area (Å²) in [6.07, 6.45) is 0.0685. The SMILES string of the molecule is O=C(O)c1nc2n(c1Cc1ccccc1F)CCOc1cc(F)c(Br)cc1-2. The molecule has 0 atom stereocenters. The van der Waals surface area contributed by atoms with E-state index in [9.17, 15) is 18.7 Å². The Balaban J connectivity index is 1.91. The van der Waals surface area contributed by atoms with Crippen molar-refractivity contribution in [3.8, 4) is 17.1 Å². The molecule has 0 amide bonds. The Morgan fingerprint density at radius 2 is 2.04 bits per heavy atom. The summed E-state index contributed by atoms with van der Waals surface area (Å²) in [5.74, 6) is -1.47. The van der Waals surface area contributed by atoms with Gasteiger partial charge in [0.1, 0.15) is 29.8 Å². The van der Waals surface area contributed by atoms with Gasteiger partial charge in [-0.3, -0.25) is 0 Å². The van der Waals surface area contributed by atoms with Gasteiger partial charge in [0.05, 0.1) is 22.3 Å². The normalized spacial score (nSPS) is 12.7. The van der Waals surface area contributed by atoms with Crippen LogP contribution >= 0.6 is 15.9 Å². The number of hydrogen-bond donors (Lipinski definition) is 1. The van der Waals surface area contributed by atoms with Gasteiger partial charge < -0.3 is 14.4 Å². The fourth-order valence-electron chi connectivity index (χ4n) is 3.18. The number of nitrogens with zero attached hydrogens (tertiary/aromatic N) is 2. The van der Waals surface area contributed by atoms with Gasteiger partial charge in [-0.1, -0.05) is 18.2 Å². The largest absolute Gasteiger partial charge is 0.491 e. The number of carboxylic acids is 1.